The number of para-hydroxylation sites is 1. The maximum absolute atomic E-state index is 12.7. The molecule has 1 N–H and O–H groups in total. The van der Waals surface area contributed by atoms with Crippen molar-refractivity contribution in [3.63, 3.8) is 0 Å². The summed E-state index contributed by atoms with van der Waals surface area (Å²) in [6.45, 7) is 7.48. The van der Waals surface area contributed by atoms with E-state index in [-0.39, 0.29) is 11.5 Å². The Hall–Kier alpha value is -2.59. The van der Waals surface area contributed by atoms with E-state index in [1.807, 2.05) is 36.9 Å². The Labute approximate surface area is 173 Å². The van der Waals surface area contributed by atoms with Crippen LogP contribution in [0.2, 0.25) is 0 Å². The highest BCUT2D eigenvalue weighted by Crippen LogP contribution is 2.42. The number of carbonyl (C=O) groups excluding carboxylic acids is 1. The van der Waals surface area contributed by atoms with Crippen LogP contribution >= 0.6 is 0 Å². The summed E-state index contributed by atoms with van der Waals surface area (Å²) in [7, 11) is 0. The van der Waals surface area contributed by atoms with Crippen molar-refractivity contribution in [2.24, 2.45) is 0 Å². The van der Waals surface area contributed by atoms with E-state index in [4.69, 9.17) is 4.74 Å². The highest BCUT2D eigenvalue weighted by atomic mass is 16.5. The highest BCUT2D eigenvalue weighted by molar-refractivity contribution is 5.95. The second-order valence-electron chi connectivity index (χ2n) is 7.88. The van der Waals surface area contributed by atoms with Crippen molar-refractivity contribution in [2.75, 3.05) is 26.2 Å². The van der Waals surface area contributed by atoms with Gasteiger partial charge in [0.05, 0.1) is 0 Å². The zero-order chi connectivity index (χ0) is 20.3. The molecule has 0 aromatic heterocycles. The second-order valence-corrected chi connectivity index (χ2v) is 7.88. The molecule has 1 unspecified atom stereocenters. The van der Waals surface area contributed by atoms with Crippen LogP contribution in [0, 0.1) is 0 Å². The minimum absolute atomic E-state index is 0.0919. The maximum Gasteiger partial charge on any atom is 0.253 e. The van der Waals surface area contributed by atoms with Crippen LogP contribution < -0.4 is 10.1 Å². The van der Waals surface area contributed by atoms with Gasteiger partial charge in [0.2, 0.25) is 0 Å². The first-order valence-electron chi connectivity index (χ1n) is 10.8. The Morgan fingerprint density at radius 3 is 2.55 bits per heavy atom. The Kier molecular flexibility index (Phi) is 5.72. The van der Waals surface area contributed by atoms with E-state index in [1.54, 1.807) is 0 Å². The van der Waals surface area contributed by atoms with Gasteiger partial charge in [-0.25, -0.2) is 0 Å². The van der Waals surface area contributed by atoms with Crippen LogP contribution in [0.15, 0.2) is 54.6 Å². The summed E-state index contributed by atoms with van der Waals surface area (Å²) in [4.78, 5) is 14.5. The lowest BCUT2D eigenvalue weighted by Gasteiger charge is -2.36. The molecule has 29 heavy (non-hydrogen) atoms. The quantitative estimate of drug-likeness (QED) is 0.835. The lowest BCUT2D eigenvalue weighted by atomic mass is 9.84. The normalized spacial score (nSPS) is 21.0. The number of carbonyl (C=O) groups is 1. The van der Waals surface area contributed by atoms with Crippen molar-refractivity contribution in [3.8, 4) is 5.75 Å². The molecule has 152 valence electrons. The molecule has 2 aliphatic rings. The zero-order valence-electron chi connectivity index (χ0n) is 17.4. The Morgan fingerprint density at radius 1 is 1.03 bits per heavy atom. The van der Waals surface area contributed by atoms with Crippen molar-refractivity contribution in [1.29, 1.82) is 0 Å². The molecular formula is C25H30N2O2. The van der Waals surface area contributed by atoms with Gasteiger partial charge in [-0.15, -0.1) is 0 Å². The van der Waals surface area contributed by atoms with Crippen molar-refractivity contribution in [2.45, 2.75) is 38.7 Å². The third-order valence-corrected chi connectivity index (χ3v) is 6.07. The van der Waals surface area contributed by atoms with E-state index in [2.05, 4.69) is 41.7 Å². The van der Waals surface area contributed by atoms with Crippen LogP contribution in [0.3, 0.4) is 0 Å². The molecule has 1 fully saturated rings. The van der Waals surface area contributed by atoms with Crippen molar-refractivity contribution in [1.82, 2.24) is 10.2 Å². The number of fused-ring (bicyclic) bond motifs is 1. The number of hydrogen-bond acceptors (Lipinski definition) is 3. The van der Waals surface area contributed by atoms with Crippen molar-refractivity contribution >= 4 is 11.5 Å². The molecule has 4 nitrogen and oxygen atoms in total. The molecule has 2 aromatic carbocycles. The van der Waals surface area contributed by atoms with Crippen LogP contribution in [0.25, 0.3) is 5.57 Å². The first-order chi connectivity index (χ1) is 14.2. The van der Waals surface area contributed by atoms with Gasteiger partial charge in [0.1, 0.15) is 11.4 Å². The van der Waals surface area contributed by atoms with E-state index >= 15 is 0 Å². The minimum atomic E-state index is -0.261. The molecule has 0 bridgehead atoms. The SMILES string of the molecule is CCN(CC)C(=O)c1ccc(C2=CC3(CCCNCC3)Oc3ccccc32)cc1. The number of amides is 1. The van der Waals surface area contributed by atoms with Gasteiger partial charge < -0.3 is 15.0 Å². The van der Waals surface area contributed by atoms with Gasteiger partial charge in [-0.2, -0.15) is 0 Å². The Morgan fingerprint density at radius 2 is 1.79 bits per heavy atom. The monoisotopic (exact) mass is 390 g/mol. The molecule has 1 amide bonds. The standard InChI is InChI=1S/C25H30N2O2/c1-3-27(4-2)24(28)20-12-10-19(11-13-20)22-18-25(14-7-16-26-17-15-25)29-23-9-6-5-8-21(22)23/h5-6,8-13,18,26H,3-4,7,14-17H2,1-2H3. The average Bonchev–Trinajstić information content (AvgIpc) is 2.99. The molecule has 1 saturated heterocycles. The molecular weight excluding hydrogens is 360 g/mol. The zero-order valence-corrected chi connectivity index (χ0v) is 17.4. The maximum atomic E-state index is 12.7. The lowest BCUT2D eigenvalue weighted by Crippen LogP contribution is -2.37. The summed E-state index contributed by atoms with van der Waals surface area (Å²) in [5.74, 6) is 1.05. The molecule has 0 saturated carbocycles. The van der Waals surface area contributed by atoms with Gasteiger partial charge >= 0.3 is 0 Å². The first kappa shape index (κ1) is 19.7. The van der Waals surface area contributed by atoms with Crippen LogP contribution in [0.1, 0.15) is 54.6 Å². The van der Waals surface area contributed by atoms with E-state index in [0.29, 0.717) is 0 Å². The fourth-order valence-electron chi connectivity index (χ4n) is 4.40. The first-order valence-corrected chi connectivity index (χ1v) is 10.8. The summed E-state index contributed by atoms with van der Waals surface area (Å²) in [5, 5.41) is 3.49. The van der Waals surface area contributed by atoms with Crippen molar-refractivity contribution < 1.29 is 9.53 Å². The topological polar surface area (TPSA) is 41.6 Å². The average molecular weight is 391 g/mol. The van der Waals surface area contributed by atoms with E-state index < -0.39 is 0 Å². The molecule has 2 heterocycles. The molecule has 4 heteroatoms. The summed E-state index contributed by atoms with van der Waals surface area (Å²) in [6.07, 6.45) is 5.40. The summed E-state index contributed by atoms with van der Waals surface area (Å²) >= 11 is 0. The fraction of sp³-hybridized carbons (Fsp3) is 0.400. The number of ether oxygens (including phenoxy) is 1. The van der Waals surface area contributed by atoms with Gasteiger partial charge in [0.25, 0.3) is 5.91 Å². The largest absolute Gasteiger partial charge is 0.482 e. The Bertz CT molecular complexity index is 889. The van der Waals surface area contributed by atoms with Crippen LogP contribution in [-0.2, 0) is 0 Å². The summed E-state index contributed by atoms with van der Waals surface area (Å²) < 4.78 is 6.54. The minimum Gasteiger partial charge on any atom is -0.482 e. The third kappa shape index (κ3) is 3.95. The molecule has 2 aliphatic heterocycles. The number of benzene rings is 2. The van der Waals surface area contributed by atoms with Crippen LogP contribution in [-0.4, -0.2) is 42.6 Å². The predicted octanol–water partition coefficient (Wildman–Crippen LogP) is 4.51. The molecule has 1 spiro atoms. The van der Waals surface area contributed by atoms with Gasteiger partial charge in [0.15, 0.2) is 0 Å². The van der Waals surface area contributed by atoms with Crippen LogP contribution in [0.5, 0.6) is 5.75 Å². The van der Waals surface area contributed by atoms with Gasteiger partial charge in [-0.3, -0.25) is 4.79 Å². The smallest absolute Gasteiger partial charge is 0.253 e. The van der Waals surface area contributed by atoms with E-state index in [1.165, 1.54) is 5.57 Å². The molecule has 4 rings (SSSR count). The molecule has 2 aromatic rings. The van der Waals surface area contributed by atoms with E-state index in [9.17, 15) is 4.79 Å². The summed E-state index contributed by atoms with van der Waals surface area (Å²) in [6, 6.07) is 16.4. The second kappa shape index (κ2) is 8.42. The number of hydrogen-bond donors (Lipinski definition) is 1. The predicted molar refractivity (Wildman–Crippen MR) is 117 cm³/mol. The summed E-state index contributed by atoms with van der Waals surface area (Å²) in [5.41, 5.74) is 3.94. The van der Waals surface area contributed by atoms with Gasteiger partial charge in [-0.1, -0.05) is 30.3 Å². The van der Waals surface area contributed by atoms with Gasteiger partial charge in [0, 0.05) is 30.6 Å². The van der Waals surface area contributed by atoms with Gasteiger partial charge in [-0.05, 0) is 75.2 Å². The molecule has 0 radical (unpaired) electrons. The molecule has 0 aliphatic carbocycles. The number of nitrogens with one attached hydrogen (secondary N) is 1. The van der Waals surface area contributed by atoms with E-state index in [0.717, 1.165) is 67.9 Å². The fourth-order valence-corrected chi connectivity index (χ4v) is 4.40. The van der Waals surface area contributed by atoms with Crippen LogP contribution in [0.4, 0.5) is 0 Å². The number of rotatable bonds is 4. The number of nitrogens with zero attached hydrogens (tertiary/aromatic N) is 1. The molecule has 1 atom stereocenters. The Balaban J connectivity index is 1.71. The highest BCUT2D eigenvalue weighted by Gasteiger charge is 2.36. The lowest BCUT2D eigenvalue weighted by molar-refractivity contribution is 0.0773. The van der Waals surface area contributed by atoms with Crippen molar-refractivity contribution in [3.05, 3.63) is 71.3 Å². The third-order valence-electron chi connectivity index (χ3n) is 6.07.